The molecule has 1 aliphatic carbocycles. The Kier molecular flexibility index (Phi) is 5.19. The zero-order valence-electron chi connectivity index (χ0n) is 11.3. The van der Waals surface area contributed by atoms with E-state index in [2.05, 4.69) is 0 Å². The van der Waals surface area contributed by atoms with E-state index < -0.39 is 5.97 Å². The molecule has 0 aromatic rings. The summed E-state index contributed by atoms with van der Waals surface area (Å²) in [5, 5.41) is 8.97. The molecule has 2 rings (SSSR count). The van der Waals surface area contributed by atoms with Crippen LogP contribution in [0, 0.1) is 0 Å². The number of rotatable bonds is 5. The molecule has 1 amide bonds. The highest BCUT2D eigenvalue weighted by Crippen LogP contribution is 2.25. The van der Waals surface area contributed by atoms with Crippen molar-refractivity contribution in [2.75, 3.05) is 13.2 Å². The number of aliphatic carboxylic acids is 1. The van der Waals surface area contributed by atoms with Gasteiger partial charge in [-0.05, 0) is 32.1 Å². The molecule has 19 heavy (non-hydrogen) atoms. The minimum atomic E-state index is -0.926. The number of carboxylic acid groups (broad SMARTS) is 1. The molecule has 0 bridgehead atoms. The minimum Gasteiger partial charge on any atom is -0.480 e. The van der Waals surface area contributed by atoms with Crippen molar-refractivity contribution in [1.29, 1.82) is 0 Å². The van der Waals surface area contributed by atoms with Crippen LogP contribution in [0.3, 0.4) is 0 Å². The molecule has 1 heterocycles. The first-order chi connectivity index (χ1) is 9.16. The van der Waals surface area contributed by atoms with Crippen LogP contribution in [-0.2, 0) is 14.3 Å². The van der Waals surface area contributed by atoms with Gasteiger partial charge in [-0.15, -0.1) is 0 Å². The van der Waals surface area contributed by atoms with Crippen molar-refractivity contribution in [3.8, 4) is 0 Å². The average molecular weight is 269 g/mol. The number of nitrogens with zero attached hydrogens (tertiary/aromatic N) is 1. The normalized spacial score (nSPS) is 24.3. The molecule has 0 aromatic carbocycles. The van der Waals surface area contributed by atoms with Gasteiger partial charge in [-0.3, -0.25) is 9.59 Å². The highest BCUT2D eigenvalue weighted by atomic mass is 16.5. The van der Waals surface area contributed by atoms with Crippen LogP contribution in [0.5, 0.6) is 0 Å². The smallest absolute Gasteiger partial charge is 0.323 e. The van der Waals surface area contributed by atoms with Crippen LogP contribution in [0.25, 0.3) is 0 Å². The maximum atomic E-state index is 12.3. The molecule has 1 atom stereocenters. The molecule has 0 aromatic heterocycles. The van der Waals surface area contributed by atoms with Gasteiger partial charge in [0.2, 0.25) is 5.91 Å². The van der Waals surface area contributed by atoms with E-state index in [1.165, 1.54) is 0 Å². The van der Waals surface area contributed by atoms with Crippen LogP contribution in [0.1, 0.15) is 51.4 Å². The molecule has 1 saturated carbocycles. The largest absolute Gasteiger partial charge is 0.480 e. The number of hydrogen-bond donors (Lipinski definition) is 1. The Bertz CT molecular complexity index is 319. The molecule has 5 heteroatoms. The second-order valence-electron chi connectivity index (χ2n) is 5.55. The summed E-state index contributed by atoms with van der Waals surface area (Å²) in [6, 6.07) is 0.118. The van der Waals surface area contributed by atoms with Gasteiger partial charge in [0, 0.05) is 12.6 Å². The Hall–Kier alpha value is -1.10. The Morgan fingerprint density at radius 3 is 2.37 bits per heavy atom. The highest BCUT2D eigenvalue weighted by molar-refractivity contribution is 5.82. The SMILES string of the molecule is O=C(O)CN(C(=O)CC1CCCCO1)C1CCCC1. The van der Waals surface area contributed by atoms with Gasteiger partial charge in [-0.25, -0.2) is 0 Å². The molecule has 108 valence electrons. The van der Waals surface area contributed by atoms with E-state index in [0.717, 1.165) is 51.6 Å². The summed E-state index contributed by atoms with van der Waals surface area (Å²) in [5.41, 5.74) is 0. The first kappa shape index (κ1) is 14.3. The number of hydrogen-bond acceptors (Lipinski definition) is 3. The third-order valence-corrected chi connectivity index (χ3v) is 4.07. The molecule has 0 radical (unpaired) electrons. The van der Waals surface area contributed by atoms with Crippen LogP contribution >= 0.6 is 0 Å². The van der Waals surface area contributed by atoms with E-state index in [4.69, 9.17) is 9.84 Å². The summed E-state index contributed by atoms with van der Waals surface area (Å²) in [4.78, 5) is 24.8. The lowest BCUT2D eigenvalue weighted by Crippen LogP contribution is -2.43. The van der Waals surface area contributed by atoms with E-state index in [9.17, 15) is 9.59 Å². The average Bonchev–Trinajstić information content (AvgIpc) is 2.90. The van der Waals surface area contributed by atoms with Crippen molar-refractivity contribution in [3.05, 3.63) is 0 Å². The number of carboxylic acids is 1. The van der Waals surface area contributed by atoms with E-state index in [0.29, 0.717) is 6.42 Å². The fraction of sp³-hybridized carbons (Fsp3) is 0.857. The molecular formula is C14H23NO4. The number of carbonyl (C=O) groups is 2. The molecule has 1 N–H and O–H groups in total. The number of carbonyl (C=O) groups excluding carboxylic acids is 1. The maximum Gasteiger partial charge on any atom is 0.323 e. The van der Waals surface area contributed by atoms with Crippen LogP contribution in [0.15, 0.2) is 0 Å². The number of amides is 1. The Morgan fingerprint density at radius 1 is 1.11 bits per heavy atom. The molecular weight excluding hydrogens is 246 g/mol. The van der Waals surface area contributed by atoms with E-state index in [1.54, 1.807) is 4.90 Å². The topological polar surface area (TPSA) is 66.8 Å². The Labute approximate surface area is 113 Å². The monoisotopic (exact) mass is 269 g/mol. The van der Waals surface area contributed by atoms with Crippen LogP contribution < -0.4 is 0 Å². The molecule has 2 fully saturated rings. The molecule has 1 aliphatic heterocycles. The van der Waals surface area contributed by atoms with Crippen molar-refractivity contribution >= 4 is 11.9 Å². The number of ether oxygens (including phenoxy) is 1. The summed E-state index contributed by atoms with van der Waals surface area (Å²) in [6.07, 6.45) is 7.45. The van der Waals surface area contributed by atoms with Crippen LogP contribution in [-0.4, -0.2) is 47.2 Å². The summed E-state index contributed by atoms with van der Waals surface area (Å²) in [7, 11) is 0. The molecule has 2 aliphatic rings. The lowest BCUT2D eigenvalue weighted by molar-refractivity contribution is -0.148. The quantitative estimate of drug-likeness (QED) is 0.826. The van der Waals surface area contributed by atoms with Crippen molar-refractivity contribution in [1.82, 2.24) is 4.90 Å². The fourth-order valence-corrected chi connectivity index (χ4v) is 3.06. The van der Waals surface area contributed by atoms with Gasteiger partial charge in [-0.2, -0.15) is 0 Å². The minimum absolute atomic E-state index is 0.0149. The van der Waals surface area contributed by atoms with Gasteiger partial charge in [0.1, 0.15) is 6.54 Å². The van der Waals surface area contributed by atoms with Crippen molar-refractivity contribution in [2.24, 2.45) is 0 Å². The fourth-order valence-electron chi connectivity index (χ4n) is 3.06. The van der Waals surface area contributed by atoms with Crippen LogP contribution in [0.4, 0.5) is 0 Å². The zero-order valence-corrected chi connectivity index (χ0v) is 11.3. The first-order valence-electron chi connectivity index (χ1n) is 7.29. The summed E-state index contributed by atoms with van der Waals surface area (Å²) in [6.45, 7) is 0.552. The zero-order chi connectivity index (χ0) is 13.7. The predicted molar refractivity (Wildman–Crippen MR) is 69.8 cm³/mol. The predicted octanol–water partition coefficient (Wildman–Crippen LogP) is 1.80. The van der Waals surface area contributed by atoms with E-state index in [1.807, 2.05) is 0 Å². The van der Waals surface area contributed by atoms with Crippen molar-refractivity contribution in [2.45, 2.75) is 63.5 Å². The summed E-state index contributed by atoms with van der Waals surface area (Å²) >= 11 is 0. The van der Waals surface area contributed by atoms with Gasteiger partial charge < -0.3 is 14.7 Å². The highest BCUT2D eigenvalue weighted by Gasteiger charge is 2.30. The molecule has 1 unspecified atom stereocenters. The van der Waals surface area contributed by atoms with Gasteiger partial charge in [0.25, 0.3) is 0 Å². The van der Waals surface area contributed by atoms with Gasteiger partial charge >= 0.3 is 5.97 Å². The van der Waals surface area contributed by atoms with Crippen molar-refractivity contribution < 1.29 is 19.4 Å². The molecule has 1 saturated heterocycles. The Balaban J connectivity index is 1.91. The van der Waals surface area contributed by atoms with E-state index >= 15 is 0 Å². The van der Waals surface area contributed by atoms with Gasteiger partial charge in [-0.1, -0.05) is 12.8 Å². The summed E-state index contributed by atoms with van der Waals surface area (Å²) < 4.78 is 5.57. The Morgan fingerprint density at radius 2 is 1.79 bits per heavy atom. The summed E-state index contributed by atoms with van der Waals surface area (Å²) in [5.74, 6) is -0.981. The second kappa shape index (κ2) is 6.89. The van der Waals surface area contributed by atoms with Crippen LogP contribution in [0.2, 0.25) is 0 Å². The molecule has 5 nitrogen and oxygen atoms in total. The lowest BCUT2D eigenvalue weighted by atomic mass is 10.0. The standard InChI is InChI=1S/C14H23NO4/c16-13(9-12-7-3-4-8-19-12)15(10-14(17)18)11-5-1-2-6-11/h11-12H,1-10H2,(H,17,18). The first-order valence-corrected chi connectivity index (χ1v) is 7.29. The second-order valence-corrected chi connectivity index (χ2v) is 5.55. The molecule has 0 spiro atoms. The van der Waals surface area contributed by atoms with E-state index in [-0.39, 0.29) is 24.6 Å². The maximum absolute atomic E-state index is 12.3. The third-order valence-electron chi connectivity index (χ3n) is 4.07. The van der Waals surface area contributed by atoms with Crippen molar-refractivity contribution in [3.63, 3.8) is 0 Å². The lowest BCUT2D eigenvalue weighted by Gasteiger charge is -2.30. The third kappa shape index (κ3) is 4.20. The van der Waals surface area contributed by atoms with Gasteiger partial charge in [0.05, 0.1) is 12.5 Å². The van der Waals surface area contributed by atoms with Gasteiger partial charge in [0.15, 0.2) is 0 Å².